The fourth-order valence-electron chi connectivity index (χ4n) is 3.21. The molecule has 2 aromatic carbocycles. The maximum atomic E-state index is 12.7. The fraction of sp³-hybridized carbons (Fsp3) is 0.304. The molecule has 0 N–H and O–H groups in total. The summed E-state index contributed by atoms with van der Waals surface area (Å²) < 4.78 is 25.3. The SMILES string of the molecule is CCCCCCC(=O)c1cn(-c2ccc(S(C)(=O)=O)cc2)c(-c2ccc(Cl)cc2)n1. The van der Waals surface area contributed by atoms with Crippen LogP contribution in [0.1, 0.15) is 49.5 Å². The number of nitrogens with zero attached hydrogens (tertiary/aromatic N) is 2. The lowest BCUT2D eigenvalue weighted by molar-refractivity contribution is 0.0975. The molecule has 0 unspecified atom stereocenters. The molecule has 158 valence electrons. The number of unbranched alkanes of at least 4 members (excludes halogenated alkanes) is 3. The smallest absolute Gasteiger partial charge is 0.182 e. The van der Waals surface area contributed by atoms with Crippen molar-refractivity contribution >= 4 is 27.2 Å². The van der Waals surface area contributed by atoms with Gasteiger partial charge >= 0.3 is 0 Å². The van der Waals surface area contributed by atoms with Gasteiger partial charge in [-0.3, -0.25) is 9.36 Å². The second kappa shape index (κ2) is 9.58. The van der Waals surface area contributed by atoms with Gasteiger partial charge in [0.15, 0.2) is 15.6 Å². The molecule has 1 heterocycles. The van der Waals surface area contributed by atoms with E-state index in [9.17, 15) is 13.2 Å². The third-order valence-corrected chi connectivity index (χ3v) is 6.27. The predicted octanol–water partition coefficient (Wildman–Crippen LogP) is 5.75. The van der Waals surface area contributed by atoms with Crippen molar-refractivity contribution in [2.45, 2.75) is 43.9 Å². The van der Waals surface area contributed by atoms with Crippen LogP contribution in [0, 0.1) is 0 Å². The second-order valence-electron chi connectivity index (χ2n) is 7.33. The van der Waals surface area contributed by atoms with Gasteiger partial charge in [0, 0.05) is 35.1 Å². The lowest BCUT2D eigenvalue weighted by atomic mass is 10.1. The zero-order valence-corrected chi connectivity index (χ0v) is 18.7. The maximum absolute atomic E-state index is 12.7. The molecule has 7 heteroatoms. The number of hydrogen-bond donors (Lipinski definition) is 0. The Morgan fingerprint density at radius 3 is 2.27 bits per heavy atom. The van der Waals surface area contributed by atoms with Crippen molar-refractivity contribution in [2.24, 2.45) is 0 Å². The van der Waals surface area contributed by atoms with Gasteiger partial charge in [-0.15, -0.1) is 0 Å². The van der Waals surface area contributed by atoms with E-state index < -0.39 is 9.84 Å². The molecule has 0 aliphatic carbocycles. The number of carbonyl (C=O) groups is 1. The van der Waals surface area contributed by atoms with Crippen molar-refractivity contribution in [1.82, 2.24) is 9.55 Å². The minimum absolute atomic E-state index is 0.00724. The van der Waals surface area contributed by atoms with Crippen LogP contribution in [0.25, 0.3) is 17.1 Å². The standard InChI is InChI=1S/C23H25ClN2O3S/c1-3-4-5-6-7-22(27)21-16-26(19-12-14-20(15-13-19)30(2,28)29)23(25-21)17-8-10-18(24)11-9-17/h8-16H,3-7H2,1-2H3. The molecule has 0 aliphatic rings. The lowest BCUT2D eigenvalue weighted by Gasteiger charge is -2.09. The quantitative estimate of drug-likeness (QED) is 0.311. The van der Waals surface area contributed by atoms with Crippen LogP contribution in [-0.4, -0.2) is 30.0 Å². The number of carbonyl (C=O) groups excluding carboxylic acids is 1. The van der Waals surface area contributed by atoms with Crippen LogP contribution in [0.15, 0.2) is 59.6 Å². The summed E-state index contributed by atoms with van der Waals surface area (Å²) in [4.78, 5) is 17.6. The predicted molar refractivity (Wildman–Crippen MR) is 120 cm³/mol. The summed E-state index contributed by atoms with van der Waals surface area (Å²) >= 11 is 6.02. The number of hydrogen-bond acceptors (Lipinski definition) is 4. The number of sulfone groups is 1. The summed E-state index contributed by atoms with van der Waals surface area (Å²) in [5, 5.41) is 0.613. The van der Waals surface area contributed by atoms with Gasteiger partial charge in [0.25, 0.3) is 0 Å². The van der Waals surface area contributed by atoms with E-state index in [1.165, 1.54) is 6.26 Å². The molecule has 0 saturated heterocycles. The van der Waals surface area contributed by atoms with E-state index in [2.05, 4.69) is 11.9 Å². The molecule has 1 aromatic heterocycles. The van der Waals surface area contributed by atoms with E-state index in [0.29, 0.717) is 23.0 Å². The number of imidazole rings is 1. The molecule has 3 aromatic rings. The molecular formula is C23H25ClN2O3S. The molecule has 0 saturated carbocycles. The average Bonchev–Trinajstić information content (AvgIpc) is 3.16. The molecule has 0 fully saturated rings. The van der Waals surface area contributed by atoms with Gasteiger partial charge in [0.2, 0.25) is 0 Å². The highest BCUT2D eigenvalue weighted by molar-refractivity contribution is 7.90. The molecule has 0 atom stereocenters. The molecule has 0 radical (unpaired) electrons. The van der Waals surface area contributed by atoms with Crippen LogP contribution in [-0.2, 0) is 9.84 Å². The summed E-state index contributed by atoms with van der Waals surface area (Å²) in [6.07, 6.45) is 7.47. The number of halogens is 1. The topological polar surface area (TPSA) is 69.0 Å². The normalized spacial score (nSPS) is 11.6. The number of Topliss-reactive ketones (excluding diaryl/α,β-unsaturated/α-hetero) is 1. The van der Waals surface area contributed by atoms with Crippen molar-refractivity contribution in [2.75, 3.05) is 6.26 Å². The Morgan fingerprint density at radius 2 is 1.67 bits per heavy atom. The summed E-state index contributed by atoms with van der Waals surface area (Å²) in [7, 11) is -3.29. The summed E-state index contributed by atoms with van der Waals surface area (Å²) in [5.74, 6) is 0.614. The molecule has 0 amide bonds. The Kier molecular flexibility index (Phi) is 7.10. The fourth-order valence-corrected chi connectivity index (χ4v) is 3.96. The summed E-state index contributed by atoms with van der Waals surface area (Å²) in [6.45, 7) is 2.14. The number of rotatable bonds is 9. The van der Waals surface area contributed by atoms with Crippen molar-refractivity contribution in [3.8, 4) is 17.1 Å². The van der Waals surface area contributed by atoms with Gasteiger partial charge < -0.3 is 0 Å². The average molecular weight is 445 g/mol. The first-order valence-electron chi connectivity index (χ1n) is 9.98. The van der Waals surface area contributed by atoms with Gasteiger partial charge in [0.05, 0.1) is 4.90 Å². The van der Waals surface area contributed by atoms with Crippen LogP contribution in [0.3, 0.4) is 0 Å². The van der Waals surface area contributed by atoms with E-state index in [4.69, 9.17) is 11.6 Å². The first-order valence-corrected chi connectivity index (χ1v) is 12.3. The zero-order chi connectivity index (χ0) is 21.7. The van der Waals surface area contributed by atoms with Crippen LogP contribution < -0.4 is 0 Å². The lowest BCUT2D eigenvalue weighted by Crippen LogP contribution is -2.00. The molecule has 0 bridgehead atoms. The van der Waals surface area contributed by atoms with Gasteiger partial charge in [-0.2, -0.15) is 0 Å². The molecular weight excluding hydrogens is 420 g/mol. The maximum Gasteiger partial charge on any atom is 0.182 e. The van der Waals surface area contributed by atoms with E-state index in [1.54, 1.807) is 42.6 Å². The largest absolute Gasteiger partial charge is 0.299 e. The van der Waals surface area contributed by atoms with Gasteiger partial charge in [0.1, 0.15) is 11.5 Å². The van der Waals surface area contributed by atoms with E-state index >= 15 is 0 Å². The van der Waals surface area contributed by atoms with Crippen LogP contribution in [0.4, 0.5) is 0 Å². The van der Waals surface area contributed by atoms with Crippen LogP contribution in [0.2, 0.25) is 5.02 Å². The minimum atomic E-state index is -3.29. The van der Waals surface area contributed by atoms with E-state index in [0.717, 1.165) is 36.9 Å². The summed E-state index contributed by atoms with van der Waals surface area (Å²) in [6, 6.07) is 13.8. The van der Waals surface area contributed by atoms with E-state index in [1.807, 2.05) is 16.7 Å². The minimum Gasteiger partial charge on any atom is -0.299 e. The van der Waals surface area contributed by atoms with Gasteiger partial charge in [-0.25, -0.2) is 13.4 Å². The first kappa shape index (κ1) is 22.2. The Labute approximate surface area is 182 Å². The molecule has 0 aliphatic heterocycles. The highest BCUT2D eigenvalue weighted by atomic mass is 35.5. The van der Waals surface area contributed by atoms with Crippen LogP contribution in [0.5, 0.6) is 0 Å². The Balaban J connectivity index is 1.98. The Hall–Kier alpha value is -2.44. The third kappa shape index (κ3) is 5.37. The van der Waals surface area contributed by atoms with Crippen molar-refractivity contribution in [3.63, 3.8) is 0 Å². The highest BCUT2D eigenvalue weighted by Crippen LogP contribution is 2.26. The van der Waals surface area contributed by atoms with Crippen molar-refractivity contribution in [1.29, 1.82) is 0 Å². The van der Waals surface area contributed by atoms with Crippen LogP contribution >= 0.6 is 11.6 Å². The number of ketones is 1. The highest BCUT2D eigenvalue weighted by Gasteiger charge is 2.17. The molecule has 30 heavy (non-hydrogen) atoms. The van der Waals surface area contributed by atoms with E-state index in [-0.39, 0.29) is 10.7 Å². The van der Waals surface area contributed by atoms with Crippen molar-refractivity contribution < 1.29 is 13.2 Å². The Bertz CT molecular complexity index is 1120. The zero-order valence-electron chi connectivity index (χ0n) is 17.1. The summed E-state index contributed by atoms with van der Waals surface area (Å²) in [5.41, 5.74) is 1.95. The number of benzene rings is 2. The number of aromatic nitrogens is 2. The van der Waals surface area contributed by atoms with Crippen molar-refractivity contribution in [3.05, 3.63) is 65.4 Å². The third-order valence-electron chi connectivity index (χ3n) is 4.89. The molecule has 5 nitrogen and oxygen atoms in total. The monoisotopic (exact) mass is 444 g/mol. The molecule has 3 rings (SSSR count). The van der Waals surface area contributed by atoms with Gasteiger partial charge in [-0.1, -0.05) is 37.8 Å². The second-order valence-corrected chi connectivity index (χ2v) is 9.78. The Morgan fingerprint density at radius 1 is 1.00 bits per heavy atom. The first-order chi connectivity index (χ1) is 14.3. The van der Waals surface area contributed by atoms with Gasteiger partial charge in [-0.05, 0) is 55.0 Å². The molecule has 0 spiro atoms.